The lowest BCUT2D eigenvalue weighted by Crippen LogP contribution is -2.01. The minimum Gasteiger partial charge on any atom is -0.496 e. The highest BCUT2D eigenvalue weighted by atomic mass is 79.9. The molecule has 0 radical (unpaired) electrons. The summed E-state index contributed by atoms with van der Waals surface area (Å²) in [4.78, 5) is 0. The molecule has 0 heterocycles. The van der Waals surface area contributed by atoms with E-state index in [-0.39, 0.29) is 0 Å². The predicted octanol–water partition coefficient (Wildman–Crippen LogP) is 3.94. The first-order chi connectivity index (χ1) is 9.65. The average Bonchev–Trinajstić information content (AvgIpc) is 2.47. The van der Waals surface area contributed by atoms with Gasteiger partial charge in [-0.2, -0.15) is 0 Å². The second-order valence-corrected chi connectivity index (χ2v) is 5.16. The molecule has 2 rings (SSSR count). The van der Waals surface area contributed by atoms with Gasteiger partial charge < -0.3 is 14.6 Å². The van der Waals surface area contributed by atoms with E-state index in [9.17, 15) is 5.11 Å². The van der Waals surface area contributed by atoms with Crippen LogP contribution >= 0.6 is 15.9 Å². The molecule has 4 heteroatoms. The van der Waals surface area contributed by atoms with E-state index in [1.54, 1.807) is 7.11 Å². The molecule has 0 saturated carbocycles. The summed E-state index contributed by atoms with van der Waals surface area (Å²) < 4.78 is 11.5. The third-order valence-corrected chi connectivity index (χ3v) is 3.60. The molecular weight excluding hydrogens is 320 g/mol. The Labute approximate surface area is 127 Å². The Morgan fingerprint density at radius 3 is 2.55 bits per heavy atom. The van der Waals surface area contributed by atoms with Crippen LogP contribution in [0.25, 0.3) is 0 Å². The van der Waals surface area contributed by atoms with E-state index in [0.717, 1.165) is 27.1 Å². The second-order valence-electron chi connectivity index (χ2n) is 4.30. The first-order valence-corrected chi connectivity index (χ1v) is 7.19. The number of hydrogen-bond acceptors (Lipinski definition) is 3. The Morgan fingerprint density at radius 2 is 1.90 bits per heavy atom. The molecule has 2 aromatic carbocycles. The summed E-state index contributed by atoms with van der Waals surface area (Å²) in [6.45, 7) is 2.54. The van der Waals surface area contributed by atoms with Gasteiger partial charge in [0.05, 0.1) is 18.2 Å². The fourth-order valence-corrected chi connectivity index (χ4v) is 2.54. The largest absolute Gasteiger partial charge is 0.496 e. The maximum Gasteiger partial charge on any atom is 0.133 e. The number of hydrogen-bond donors (Lipinski definition) is 1. The molecule has 0 saturated heterocycles. The third-order valence-electron chi connectivity index (χ3n) is 2.98. The van der Waals surface area contributed by atoms with Crippen molar-refractivity contribution < 1.29 is 14.6 Å². The zero-order chi connectivity index (χ0) is 14.5. The van der Waals surface area contributed by atoms with Crippen LogP contribution in [-0.2, 0) is 0 Å². The summed E-state index contributed by atoms with van der Waals surface area (Å²) in [5, 5.41) is 10.5. The molecule has 3 nitrogen and oxygen atoms in total. The highest BCUT2D eigenvalue weighted by Crippen LogP contribution is 2.31. The quantitative estimate of drug-likeness (QED) is 0.898. The van der Waals surface area contributed by atoms with E-state index in [2.05, 4.69) is 15.9 Å². The number of benzene rings is 2. The maximum atomic E-state index is 10.5. The number of aliphatic hydroxyl groups excluding tert-OH is 1. The summed E-state index contributed by atoms with van der Waals surface area (Å²) in [7, 11) is 1.61. The Balaban J connectivity index is 2.28. The molecule has 106 valence electrons. The van der Waals surface area contributed by atoms with Crippen LogP contribution in [-0.4, -0.2) is 18.8 Å². The van der Waals surface area contributed by atoms with Crippen molar-refractivity contribution in [2.75, 3.05) is 13.7 Å². The van der Waals surface area contributed by atoms with Gasteiger partial charge in [0.25, 0.3) is 0 Å². The Hall–Kier alpha value is -1.52. The van der Waals surface area contributed by atoms with Crippen LogP contribution in [0.2, 0.25) is 0 Å². The van der Waals surface area contributed by atoms with Crippen LogP contribution in [0.5, 0.6) is 11.5 Å². The Kier molecular flexibility index (Phi) is 5.04. The molecule has 0 spiro atoms. The summed E-state index contributed by atoms with van der Waals surface area (Å²) in [5.74, 6) is 1.50. The zero-order valence-electron chi connectivity index (χ0n) is 11.5. The number of ether oxygens (including phenoxy) is 2. The highest BCUT2D eigenvalue weighted by molar-refractivity contribution is 9.10. The van der Waals surface area contributed by atoms with Crippen molar-refractivity contribution in [3.63, 3.8) is 0 Å². The number of halogens is 1. The van der Waals surface area contributed by atoms with Crippen molar-refractivity contribution in [3.05, 3.63) is 58.1 Å². The molecule has 1 N–H and O–H groups in total. The molecule has 0 aromatic heterocycles. The molecule has 20 heavy (non-hydrogen) atoms. The van der Waals surface area contributed by atoms with Gasteiger partial charge in [-0.1, -0.05) is 18.2 Å². The normalized spacial score (nSPS) is 12.0. The molecule has 0 fully saturated rings. The van der Waals surface area contributed by atoms with Gasteiger partial charge in [-0.05, 0) is 58.2 Å². The molecule has 0 amide bonds. The van der Waals surface area contributed by atoms with Gasteiger partial charge in [0, 0.05) is 0 Å². The maximum absolute atomic E-state index is 10.5. The van der Waals surface area contributed by atoms with Crippen molar-refractivity contribution in [2.24, 2.45) is 0 Å². The summed E-state index contributed by atoms with van der Waals surface area (Å²) in [6.07, 6.45) is -0.697. The van der Waals surface area contributed by atoms with E-state index >= 15 is 0 Å². The lowest BCUT2D eigenvalue weighted by atomic mass is 10.0. The highest BCUT2D eigenvalue weighted by Gasteiger charge is 2.13. The number of rotatable bonds is 5. The third kappa shape index (κ3) is 3.32. The predicted molar refractivity (Wildman–Crippen MR) is 82.4 cm³/mol. The van der Waals surface area contributed by atoms with E-state index in [1.165, 1.54) is 0 Å². The molecule has 0 aliphatic heterocycles. The summed E-state index contributed by atoms with van der Waals surface area (Å²) in [6, 6.07) is 13.0. The van der Waals surface area contributed by atoms with Crippen molar-refractivity contribution >= 4 is 15.9 Å². The van der Waals surface area contributed by atoms with Gasteiger partial charge in [0.2, 0.25) is 0 Å². The first kappa shape index (κ1) is 14.9. The molecule has 0 aliphatic rings. The van der Waals surface area contributed by atoms with E-state index in [1.807, 2.05) is 49.4 Å². The molecule has 0 bridgehead atoms. The SMILES string of the molecule is CCOc1cccc(C(O)c2ccc(OC)c(Br)c2)c1. The van der Waals surface area contributed by atoms with E-state index < -0.39 is 6.10 Å². The molecule has 2 aromatic rings. The van der Waals surface area contributed by atoms with Gasteiger partial charge in [0.1, 0.15) is 17.6 Å². The first-order valence-electron chi connectivity index (χ1n) is 6.40. The van der Waals surface area contributed by atoms with Crippen molar-refractivity contribution in [1.82, 2.24) is 0 Å². The lowest BCUT2D eigenvalue weighted by Gasteiger charge is -2.14. The fraction of sp³-hybridized carbons (Fsp3) is 0.250. The van der Waals surface area contributed by atoms with Gasteiger partial charge in [0.15, 0.2) is 0 Å². The molecule has 1 unspecified atom stereocenters. The van der Waals surface area contributed by atoms with Crippen LogP contribution < -0.4 is 9.47 Å². The summed E-state index contributed by atoms with van der Waals surface area (Å²) >= 11 is 3.43. The Morgan fingerprint density at radius 1 is 1.15 bits per heavy atom. The monoisotopic (exact) mass is 336 g/mol. The standard InChI is InChI=1S/C16H17BrO3/c1-3-20-13-6-4-5-11(9-13)16(18)12-7-8-15(19-2)14(17)10-12/h4-10,16,18H,3H2,1-2H3. The van der Waals surface area contributed by atoms with Gasteiger partial charge in [-0.15, -0.1) is 0 Å². The van der Waals surface area contributed by atoms with Crippen LogP contribution in [0.15, 0.2) is 46.9 Å². The van der Waals surface area contributed by atoms with Crippen LogP contribution in [0.1, 0.15) is 24.2 Å². The summed E-state index contributed by atoms with van der Waals surface area (Å²) in [5.41, 5.74) is 1.60. The zero-order valence-corrected chi connectivity index (χ0v) is 13.1. The minimum absolute atomic E-state index is 0.605. The number of aliphatic hydroxyl groups is 1. The smallest absolute Gasteiger partial charge is 0.133 e. The molecule has 1 atom stereocenters. The average molecular weight is 337 g/mol. The van der Waals surface area contributed by atoms with Crippen LogP contribution in [0.3, 0.4) is 0 Å². The van der Waals surface area contributed by atoms with Crippen molar-refractivity contribution in [3.8, 4) is 11.5 Å². The number of methoxy groups -OCH3 is 1. The lowest BCUT2D eigenvalue weighted by molar-refractivity contribution is 0.219. The van der Waals surface area contributed by atoms with Crippen molar-refractivity contribution in [2.45, 2.75) is 13.0 Å². The minimum atomic E-state index is -0.697. The molecule has 0 aliphatic carbocycles. The molecular formula is C16H17BrO3. The second kappa shape index (κ2) is 6.77. The van der Waals surface area contributed by atoms with E-state index in [0.29, 0.717) is 6.61 Å². The fourth-order valence-electron chi connectivity index (χ4n) is 1.99. The van der Waals surface area contributed by atoms with Crippen molar-refractivity contribution in [1.29, 1.82) is 0 Å². The van der Waals surface area contributed by atoms with Crippen LogP contribution in [0, 0.1) is 0 Å². The van der Waals surface area contributed by atoms with Gasteiger partial charge in [-0.25, -0.2) is 0 Å². The van der Waals surface area contributed by atoms with Gasteiger partial charge in [-0.3, -0.25) is 0 Å². The van der Waals surface area contributed by atoms with Gasteiger partial charge >= 0.3 is 0 Å². The Bertz CT molecular complexity index is 584. The topological polar surface area (TPSA) is 38.7 Å². The van der Waals surface area contributed by atoms with Crippen LogP contribution in [0.4, 0.5) is 0 Å². The van der Waals surface area contributed by atoms with E-state index in [4.69, 9.17) is 9.47 Å².